The molecule has 8 nitrogen and oxygen atoms in total. The van der Waals surface area contributed by atoms with Gasteiger partial charge in [-0.05, 0) is 44.3 Å². The van der Waals surface area contributed by atoms with Crippen LogP contribution in [0.4, 0.5) is 14.0 Å². The molecule has 0 unspecified atom stereocenters. The van der Waals surface area contributed by atoms with Crippen LogP contribution in [-0.4, -0.2) is 90.8 Å². The first-order valence-corrected chi connectivity index (χ1v) is 13.4. The van der Waals surface area contributed by atoms with Gasteiger partial charge in [0.05, 0.1) is 18.1 Å². The molecule has 0 saturated carbocycles. The van der Waals surface area contributed by atoms with Crippen LogP contribution in [0.2, 0.25) is 0 Å². The number of rotatable bonds is 12. The SMILES string of the molecule is C=C/C=C(/F)CC.C=CCN(C)C(=O)N(/N=C/C(C)=C/CN(C)/C=C/Cl)C1CCN(C(=O)NCCC)CC1. The van der Waals surface area contributed by atoms with Crippen molar-refractivity contribution in [1.29, 1.82) is 0 Å². The van der Waals surface area contributed by atoms with E-state index < -0.39 is 0 Å². The molecule has 1 aliphatic rings. The normalized spacial score (nSPS) is 14.7. The summed E-state index contributed by atoms with van der Waals surface area (Å²) in [6.07, 6.45) is 12.7. The second-order valence-electron chi connectivity index (χ2n) is 8.86. The lowest BCUT2D eigenvalue weighted by Gasteiger charge is -2.37. The molecule has 1 heterocycles. The number of nitrogens with one attached hydrogen (secondary N) is 1. The van der Waals surface area contributed by atoms with Crippen molar-refractivity contribution < 1.29 is 14.0 Å². The zero-order valence-corrected chi connectivity index (χ0v) is 24.5. The number of allylic oxidation sites excluding steroid dienone is 4. The first-order valence-electron chi connectivity index (χ1n) is 13.0. The summed E-state index contributed by atoms with van der Waals surface area (Å²) < 4.78 is 11.9. The van der Waals surface area contributed by atoms with Gasteiger partial charge in [-0.15, -0.1) is 6.58 Å². The number of amides is 4. The molecular formula is C28H46ClFN6O2. The highest BCUT2D eigenvalue weighted by Crippen LogP contribution is 2.19. The third-order valence-electron chi connectivity index (χ3n) is 5.58. The van der Waals surface area contributed by atoms with Crippen molar-refractivity contribution in [1.82, 2.24) is 25.0 Å². The Balaban J connectivity index is 0.00000171. The van der Waals surface area contributed by atoms with Crippen molar-refractivity contribution in [3.63, 3.8) is 0 Å². The van der Waals surface area contributed by atoms with Crippen molar-refractivity contribution in [3.05, 3.63) is 60.6 Å². The van der Waals surface area contributed by atoms with E-state index in [1.54, 1.807) is 47.3 Å². The van der Waals surface area contributed by atoms with Crippen LogP contribution in [0.5, 0.6) is 0 Å². The van der Waals surface area contributed by atoms with Crippen LogP contribution in [0, 0.1) is 0 Å². The molecular weight excluding hydrogens is 507 g/mol. The van der Waals surface area contributed by atoms with Crippen molar-refractivity contribution in [2.24, 2.45) is 5.10 Å². The number of carbonyl (C=O) groups is 2. The number of hydrogen-bond acceptors (Lipinski definition) is 4. The number of likely N-dealkylation sites (tertiary alicyclic amines) is 1. The van der Waals surface area contributed by atoms with Gasteiger partial charge in [0.15, 0.2) is 0 Å². The molecule has 1 rings (SSSR count). The van der Waals surface area contributed by atoms with Gasteiger partial charge in [-0.3, -0.25) is 0 Å². The molecule has 10 heteroatoms. The molecule has 214 valence electrons. The van der Waals surface area contributed by atoms with Crippen LogP contribution in [-0.2, 0) is 0 Å². The maximum atomic E-state index is 13.0. The minimum Gasteiger partial charge on any atom is -0.376 e. The zero-order chi connectivity index (χ0) is 28.9. The smallest absolute Gasteiger partial charge is 0.340 e. The molecule has 1 aliphatic heterocycles. The van der Waals surface area contributed by atoms with Gasteiger partial charge in [0.2, 0.25) is 0 Å². The van der Waals surface area contributed by atoms with Gasteiger partial charge in [0.1, 0.15) is 0 Å². The molecule has 0 spiro atoms. The second-order valence-corrected chi connectivity index (χ2v) is 9.11. The highest BCUT2D eigenvalue weighted by Gasteiger charge is 2.30. The van der Waals surface area contributed by atoms with Crippen LogP contribution in [0.1, 0.15) is 46.5 Å². The van der Waals surface area contributed by atoms with Crippen molar-refractivity contribution in [3.8, 4) is 0 Å². The molecule has 0 radical (unpaired) electrons. The standard InChI is InChI=1S/C22H37ClN6O2.C6H9F/c1-6-12-24-21(30)28-15-9-20(10-16-28)29(22(31)27(5)13-7-2)25-18-19(3)8-14-26(4)17-11-23;1-3-5-6(7)4-2/h7-8,11,17-18,20H,2,6,9-10,12-16H2,1,3-5H3,(H,24,30);3,5H,1,4H2,2H3/b17-11+,19-8+,25-18+;6-5+. The summed E-state index contributed by atoms with van der Waals surface area (Å²) >= 11 is 5.59. The number of halogens is 2. The third-order valence-corrected chi connectivity index (χ3v) is 5.70. The number of hydrogen-bond donors (Lipinski definition) is 1. The van der Waals surface area contributed by atoms with E-state index in [1.807, 2.05) is 31.9 Å². The Morgan fingerprint density at radius 3 is 2.34 bits per heavy atom. The summed E-state index contributed by atoms with van der Waals surface area (Å²) in [5.41, 5.74) is 2.40. The van der Waals surface area contributed by atoms with Gasteiger partial charge in [-0.1, -0.05) is 50.3 Å². The van der Waals surface area contributed by atoms with Crippen molar-refractivity contribution >= 4 is 29.9 Å². The molecule has 0 aliphatic carbocycles. The van der Waals surface area contributed by atoms with E-state index in [1.165, 1.54) is 17.7 Å². The van der Waals surface area contributed by atoms with Crippen molar-refractivity contribution in [2.45, 2.75) is 52.5 Å². The Morgan fingerprint density at radius 2 is 1.84 bits per heavy atom. The van der Waals surface area contributed by atoms with Crippen LogP contribution in [0.3, 0.4) is 0 Å². The maximum absolute atomic E-state index is 13.0. The van der Waals surface area contributed by atoms with E-state index in [4.69, 9.17) is 11.6 Å². The lowest BCUT2D eigenvalue weighted by Crippen LogP contribution is -2.51. The highest BCUT2D eigenvalue weighted by atomic mass is 35.5. The topological polar surface area (TPSA) is 71.5 Å². The fourth-order valence-corrected chi connectivity index (χ4v) is 3.49. The number of hydrazone groups is 1. The van der Waals surface area contributed by atoms with Gasteiger partial charge < -0.3 is 20.0 Å². The molecule has 0 aromatic heterocycles. The Bertz CT molecular complexity index is 850. The minimum absolute atomic E-state index is 0.0423. The largest absolute Gasteiger partial charge is 0.376 e. The van der Waals surface area contributed by atoms with Gasteiger partial charge in [-0.2, -0.15) is 5.10 Å². The fourth-order valence-electron chi connectivity index (χ4n) is 3.30. The van der Waals surface area contributed by atoms with Crippen LogP contribution in [0.25, 0.3) is 0 Å². The quantitative estimate of drug-likeness (QED) is 0.137. The minimum atomic E-state index is -0.181. The van der Waals surface area contributed by atoms with E-state index in [2.05, 4.69) is 23.6 Å². The number of piperidine rings is 1. The summed E-state index contributed by atoms with van der Waals surface area (Å²) in [4.78, 5) is 30.5. The number of urea groups is 2. The lowest BCUT2D eigenvalue weighted by atomic mass is 10.0. The summed E-state index contributed by atoms with van der Waals surface area (Å²) in [6.45, 7) is 15.7. The lowest BCUT2D eigenvalue weighted by molar-refractivity contribution is 0.113. The molecule has 1 fully saturated rings. The van der Waals surface area contributed by atoms with Crippen LogP contribution >= 0.6 is 11.6 Å². The Kier molecular flexibility index (Phi) is 19.2. The second kappa shape index (κ2) is 20.9. The van der Waals surface area contributed by atoms with Crippen LogP contribution in [0.15, 0.2) is 65.7 Å². The van der Waals surface area contributed by atoms with E-state index in [-0.39, 0.29) is 23.9 Å². The summed E-state index contributed by atoms with van der Waals surface area (Å²) in [5, 5.41) is 8.98. The number of likely N-dealkylation sites (N-methyl/N-ethyl adjacent to an activating group) is 2. The van der Waals surface area contributed by atoms with Gasteiger partial charge in [0, 0.05) is 58.6 Å². The summed E-state index contributed by atoms with van der Waals surface area (Å²) in [5.74, 6) is -0.116. The van der Waals surface area contributed by atoms with Gasteiger partial charge in [0.25, 0.3) is 0 Å². The molecule has 1 saturated heterocycles. The van der Waals surface area contributed by atoms with Gasteiger partial charge in [-0.25, -0.2) is 19.0 Å². The predicted octanol–water partition coefficient (Wildman–Crippen LogP) is 6.12. The van der Waals surface area contributed by atoms with E-state index in [0.717, 1.165) is 12.0 Å². The van der Waals surface area contributed by atoms with Crippen LogP contribution < -0.4 is 5.32 Å². The molecule has 38 heavy (non-hydrogen) atoms. The molecule has 0 aromatic carbocycles. The maximum Gasteiger partial charge on any atom is 0.340 e. The van der Waals surface area contributed by atoms with E-state index >= 15 is 0 Å². The average Bonchev–Trinajstić information content (AvgIpc) is 2.91. The molecule has 1 N–H and O–H groups in total. The first-order chi connectivity index (χ1) is 18.1. The zero-order valence-electron chi connectivity index (χ0n) is 23.7. The first kappa shape index (κ1) is 34.9. The van der Waals surface area contributed by atoms with E-state index in [9.17, 15) is 14.0 Å². The summed E-state index contributed by atoms with van der Waals surface area (Å²) in [6, 6.07) is -0.291. The Morgan fingerprint density at radius 1 is 1.18 bits per heavy atom. The molecule has 4 amide bonds. The van der Waals surface area contributed by atoms with Crippen molar-refractivity contribution in [2.75, 3.05) is 46.8 Å². The molecule has 0 atom stereocenters. The fraction of sp³-hybridized carbons (Fsp3) is 0.536. The predicted molar refractivity (Wildman–Crippen MR) is 158 cm³/mol. The van der Waals surface area contributed by atoms with Gasteiger partial charge >= 0.3 is 12.1 Å². The molecule has 0 aromatic rings. The Labute approximate surface area is 233 Å². The monoisotopic (exact) mass is 552 g/mol. The number of carbonyl (C=O) groups excluding carboxylic acids is 2. The molecule has 0 bridgehead atoms. The summed E-state index contributed by atoms with van der Waals surface area (Å²) in [7, 11) is 3.65. The van der Waals surface area contributed by atoms with E-state index in [0.29, 0.717) is 52.0 Å². The Hall–Kier alpha value is -3.07. The highest BCUT2D eigenvalue weighted by molar-refractivity contribution is 6.25. The third kappa shape index (κ3) is 14.6. The number of nitrogens with zero attached hydrogens (tertiary/aromatic N) is 5. The average molecular weight is 553 g/mol.